The minimum Gasteiger partial charge on any atom is -0.357 e. The van der Waals surface area contributed by atoms with E-state index < -0.39 is 34.3 Å². The van der Waals surface area contributed by atoms with Crippen LogP contribution in [0.15, 0.2) is 53.0 Å². The Kier molecular flexibility index (Phi) is 7.96. The van der Waals surface area contributed by atoms with Crippen molar-refractivity contribution in [1.82, 2.24) is 10.2 Å². The summed E-state index contributed by atoms with van der Waals surface area (Å²) in [7, 11) is -2.37. The van der Waals surface area contributed by atoms with Gasteiger partial charge in [0.15, 0.2) is 0 Å². The highest BCUT2D eigenvalue weighted by atomic mass is 79.9. The summed E-state index contributed by atoms with van der Waals surface area (Å²) in [6, 6.07) is 11.2. The number of halogens is 2. The molecule has 0 saturated carbocycles. The first-order chi connectivity index (χ1) is 14.0. The van der Waals surface area contributed by atoms with E-state index in [0.717, 1.165) is 32.7 Å². The number of benzene rings is 2. The third-order valence-electron chi connectivity index (χ3n) is 4.45. The second-order valence-electron chi connectivity index (χ2n) is 6.69. The first-order valence-electron chi connectivity index (χ1n) is 9.01. The number of sulfonamides is 1. The number of carbonyl (C=O) groups is 2. The molecule has 0 unspecified atom stereocenters. The zero-order chi connectivity index (χ0) is 22.5. The largest absolute Gasteiger partial charge is 0.357 e. The lowest BCUT2D eigenvalue weighted by molar-refractivity contribution is -0.139. The van der Waals surface area contributed by atoms with Crippen LogP contribution in [-0.4, -0.2) is 51.0 Å². The van der Waals surface area contributed by atoms with Crippen molar-refractivity contribution in [1.29, 1.82) is 0 Å². The van der Waals surface area contributed by atoms with Gasteiger partial charge in [0.1, 0.15) is 18.4 Å². The Hall–Kier alpha value is -2.46. The molecule has 2 aromatic rings. The molecule has 0 spiro atoms. The highest BCUT2D eigenvalue weighted by molar-refractivity contribution is 9.10. The molecule has 1 atom stereocenters. The Labute approximate surface area is 184 Å². The summed E-state index contributed by atoms with van der Waals surface area (Å²) in [6.07, 6.45) is 0.963. The third kappa shape index (κ3) is 6.27. The molecule has 10 heteroatoms. The first kappa shape index (κ1) is 23.8. The Balaban J connectivity index is 2.36. The van der Waals surface area contributed by atoms with Crippen LogP contribution in [0.4, 0.5) is 10.1 Å². The standard InChI is InChI=1S/C20H23BrFN3O4S/c1-14(20(27)23-2)24(12-15-5-4-6-16(21)11-15)19(26)13-25(30(3,28)29)18-9-7-17(22)8-10-18/h4-11,14H,12-13H2,1-3H3,(H,23,27)/t14-/m1/s1. The normalized spacial score (nSPS) is 12.2. The number of hydrogen-bond donors (Lipinski definition) is 1. The van der Waals surface area contributed by atoms with Crippen LogP contribution in [0.3, 0.4) is 0 Å². The maximum Gasteiger partial charge on any atom is 0.244 e. The molecule has 0 radical (unpaired) electrons. The maximum absolute atomic E-state index is 13.3. The van der Waals surface area contributed by atoms with Gasteiger partial charge in [0.05, 0.1) is 11.9 Å². The molecule has 0 saturated heterocycles. The van der Waals surface area contributed by atoms with Gasteiger partial charge >= 0.3 is 0 Å². The molecule has 0 bridgehead atoms. The summed E-state index contributed by atoms with van der Waals surface area (Å²) in [4.78, 5) is 26.7. The Bertz CT molecular complexity index is 1010. The summed E-state index contributed by atoms with van der Waals surface area (Å²) in [6.45, 7) is 1.14. The molecular weight excluding hydrogens is 477 g/mol. The van der Waals surface area contributed by atoms with E-state index in [9.17, 15) is 22.4 Å². The van der Waals surface area contributed by atoms with Gasteiger partial charge in [0.2, 0.25) is 21.8 Å². The van der Waals surface area contributed by atoms with Crippen LogP contribution >= 0.6 is 15.9 Å². The van der Waals surface area contributed by atoms with Crippen molar-refractivity contribution in [2.75, 3.05) is 24.2 Å². The van der Waals surface area contributed by atoms with Crippen molar-refractivity contribution in [3.8, 4) is 0 Å². The van der Waals surface area contributed by atoms with Crippen LogP contribution < -0.4 is 9.62 Å². The molecule has 2 aromatic carbocycles. The molecule has 7 nitrogen and oxygen atoms in total. The van der Waals surface area contributed by atoms with Gasteiger partial charge in [-0.1, -0.05) is 28.1 Å². The maximum atomic E-state index is 13.3. The third-order valence-corrected chi connectivity index (χ3v) is 6.08. The Morgan fingerprint density at radius 2 is 1.80 bits per heavy atom. The van der Waals surface area contributed by atoms with E-state index in [0.29, 0.717) is 0 Å². The van der Waals surface area contributed by atoms with Crippen LogP contribution in [0, 0.1) is 5.82 Å². The number of hydrogen-bond acceptors (Lipinski definition) is 4. The van der Waals surface area contributed by atoms with E-state index in [4.69, 9.17) is 0 Å². The zero-order valence-corrected chi connectivity index (χ0v) is 19.2. The van der Waals surface area contributed by atoms with Crippen LogP contribution in [0.1, 0.15) is 12.5 Å². The smallest absolute Gasteiger partial charge is 0.244 e. The number of nitrogens with zero attached hydrogens (tertiary/aromatic N) is 2. The molecule has 30 heavy (non-hydrogen) atoms. The van der Waals surface area contributed by atoms with Crippen molar-refractivity contribution in [2.45, 2.75) is 19.5 Å². The van der Waals surface area contributed by atoms with E-state index in [-0.39, 0.29) is 18.1 Å². The summed E-state index contributed by atoms with van der Waals surface area (Å²) in [5.74, 6) is -1.48. The lowest BCUT2D eigenvalue weighted by atomic mass is 10.1. The topological polar surface area (TPSA) is 86.8 Å². The van der Waals surface area contributed by atoms with Gasteiger partial charge in [0.25, 0.3) is 0 Å². The van der Waals surface area contributed by atoms with E-state index in [1.165, 1.54) is 24.1 Å². The van der Waals surface area contributed by atoms with Crippen molar-refractivity contribution in [3.63, 3.8) is 0 Å². The van der Waals surface area contributed by atoms with E-state index in [2.05, 4.69) is 21.2 Å². The number of nitrogens with one attached hydrogen (secondary N) is 1. The first-order valence-corrected chi connectivity index (χ1v) is 11.7. The van der Waals surface area contributed by atoms with Gasteiger partial charge in [-0.05, 0) is 48.9 Å². The van der Waals surface area contributed by atoms with E-state index in [1.807, 2.05) is 12.1 Å². The molecule has 0 fully saturated rings. The molecule has 2 amide bonds. The molecule has 1 N–H and O–H groups in total. The Morgan fingerprint density at radius 3 is 2.33 bits per heavy atom. The zero-order valence-electron chi connectivity index (χ0n) is 16.8. The van der Waals surface area contributed by atoms with Gasteiger partial charge in [-0.3, -0.25) is 13.9 Å². The molecule has 0 aliphatic rings. The molecule has 2 rings (SSSR count). The van der Waals surface area contributed by atoms with Crippen molar-refractivity contribution in [3.05, 3.63) is 64.4 Å². The quantitative estimate of drug-likeness (QED) is 0.604. The van der Waals surface area contributed by atoms with Gasteiger partial charge in [-0.15, -0.1) is 0 Å². The molecule has 0 aromatic heterocycles. The summed E-state index contributed by atoms with van der Waals surface area (Å²) in [5.41, 5.74) is 0.920. The lowest BCUT2D eigenvalue weighted by Crippen LogP contribution is -2.50. The number of amides is 2. The van der Waals surface area contributed by atoms with E-state index in [1.54, 1.807) is 19.1 Å². The number of rotatable bonds is 8. The summed E-state index contributed by atoms with van der Waals surface area (Å²) < 4.78 is 39.6. The fourth-order valence-corrected chi connectivity index (χ4v) is 4.14. The number of carbonyl (C=O) groups excluding carboxylic acids is 2. The average Bonchev–Trinajstić information content (AvgIpc) is 2.69. The van der Waals surface area contributed by atoms with Gasteiger partial charge in [0, 0.05) is 18.1 Å². The minimum absolute atomic E-state index is 0.105. The van der Waals surface area contributed by atoms with Crippen LogP contribution in [-0.2, 0) is 26.2 Å². The molecule has 0 heterocycles. The Morgan fingerprint density at radius 1 is 1.17 bits per heavy atom. The molecule has 0 aliphatic carbocycles. The predicted octanol–water partition coefficient (Wildman–Crippen LogP) is 2.52. The van der Waals surface area contributed by atoms with E-state index >= 15 is 0 Å². The highest BCUT2D eigenvalue weighted by Gasteiger charge is 2.29. The van der Waals surface area contributed by atoms with Gasteiger partial charge in [-0.2, -0.15) is 0 Å². The summed E-state index contributed by atoms with van der Waals surface area (Å²) >= 11 is 3.37. The summed E-state index contributed by atoms with van der Waals surface area (Å²) in [5, 5.41) is 2.50. The van der Waals surface area contributed by atoms with Crippen LogP contribution in [0.5, 0.6) is 0 Å². The van der Waals surface area contributed by atoms with Gasteiger partial charge in [-0.25, -0.2) is 12.8 Å². The molecule has 162 valence electrons. The van der Waals surface area contributed by atoms with Crippen LogP contribution in [0.2, 0.25) is 0 Å². The van der Waals surface area contributed by atoms with Crippen LogP contribution in [0.25, 0.3) is 0 Å². The van der Waals surface area contributed by atoms with Crippen molar-refractivity contribution in [2.24, 2.45) is 0 Å². The number of anilines is 1. The monoisotopic (exact) mass is 499 g/mol. The highest BCUT2D eigenvalue weighted by Crippen LogP contribution is 2.20. The fourth-order valence-electron chi connectivity index (χ4n) is 2.84. The SMILES string of the molecule is CNC(=O)[C@@H](C)N(Cc1cccc(Br)c1)C(=O)CN(c1ccc(F)cc1)S(C)(=O)=O. The number of likely N-dealkylation sites (N-methyl/N-ethyl adjacent to an activating group) is 1. The lowest BCUT2D eigenvalue weighted by Gasteiger charge is -2.31. The molecular formula is C20H23BrFN3O4S. The predicted molar refractivity (Wildman–Crippen MR) is 117 cm³/mol. The van der Waals surface area contributed by atoms with Gasteiger partial charge < -0.3 is 10.2 Å². The second kappa shape index (κ2) is 10.0. The van der Waals surface area contributed by atoms with Crippen molar-refractivity contribution < 1.29 is 22.4 Å². The average molecular weight is 500 g/mol. The second-order valence-corrected chi connectivity index (χ2v) is 9.51. The fraction of sp³-hybridized carbons (Fsp3) is 0.300. The minimum atomic E-state index is -3.84. The van der Waals surface area contributed by atoms with Crippen molar-refractivity contribution >= 4 is 43.5 Å². The molecule has 0 aliphatic heterocycles.